The molecule has 5 nitrogen and oxygen atoms in total. The second kappa shape index (κ2) is 7.28. The van der Waals surface area contributed by atoms with Gasteiger partial charge in [-0.05, 0) is 61.8 Å². The van der Waals surface area contributed by atoms with E-state index in [-0.39, 0.29) is 17.3 Å². The molecule has 2 N–H and O–H groups in total. The summed E-state index contributed by atoms with van der Waals surface area (Å²) in [6.45, 7) is -0.00177. The van der Waals surface area contributed by atoms with Crippen LogP contribution in [0.2, 0.25) is 0 Å². The number of hydrogen-bond acceptors (Lipinski definition) is 4. The fraction of sp³-hybridized carbons (Fsp3) is 0.286. The van der Waals surface area contributed by atoms with Gasteiger partial charge >= 0.3 is 6.18 Å². The summed E-state index contributed by atoms with van der Waals surface area (Å²) in [7, 11) is 0. The number of hydrogen-bond donors (Lipinski definition) is 1. The number of carbonyl (C=O) groups is 1. The van der Waals surface area contributed by atoms with E-state index < -0.39 is 34.6 Å². The van der Waals surface area contributed by atoms with Crippen molar-refractivity contribution < 1.29 is 22.4 Å². The van der Waals surface area contributed by atoms with Crippen molar-refractivity contribution in [3.63, 3.8) is 0 Å². The number of amides is 1. The lowest BCUT2D eigenvalue weighted by molar-refractivity contribution is -0.137. The number of alkyl halides is 3. The molecule has 1 amide bonds. The van der Waals surface area contributed by atoms with Gasteiger partial charge in [0.2, 0.25) is 0 Å². The minimum absolute atomic E-state index is 0.00177. The minimum Gasteiger partial charge on any atom is -0.326 e. The fourth-order valence-corrected chi connectivity index (χ4v) is 4.52. The van der Waals surface area contributed by atoms with E-state index >= 15 is 0 Å². The summed E-state index contributed by atoms with van der Waals surface area (Å²) < 4.78 is 54.7. The average Bonchev–Trinajstić information content (AvgIpc) is 2.93. The first-order valence-corrected chi connectivity index (χ1v) is 9.83. The van der Waals surface area contributed by atoms with Crippen molar-refractivity contribution in [2.45, 2.75) is 37.5 Å². The quantitative estimate of drug-likeness (QED) is 0.562. The SMILES string of the molecule is N#Cc1ccc(N2C(=O)C3(CCC3)N(c3ccc(CN)c(F)c3)C2=S)cc1C(F)(F)F. The molecular formula is C21H16F4N4OS. The maximum Gasteiger partial charge on any atom is 0.417 e. The number of nitriles is 1. The molecule has 4 rings (SSSR count). The van der Waals surface area contributed by atoms with E-state index in [1.807, 2.05) is 0 Å². The first-order valence-electron chi connectivity index (χ1n) is 9.42. The average molecular weight is 448 g/mol. The molecule has 1 saturated carbocycles. The third-order valence-electron chi connectivity index (χ3n) is 5.79. The van der Waals surface area contributed by atoms with Crippen LogP contribution in [0.25, 0.3) is 0 Å². The fourth-order valence-electron chi connectivity index (χ4n) is 4.05. The van der Waals surface area contributed by atoms with E-state index in [0.29, 0.717) is 24.1 Å². The maximum atomic E-state index is 14.4. The normalized spacial score (nSPS) is 17.8. The molecule has 31 heavy (non-hydrogen) atoms. The molecule has 0 radical (unpaired) electrons. The number of thiocarbonyl (C=S) groups is 1. The van der Waals surface area contributed by atoms with Gasteiger partial charge in [0, 0.05) is 17.8 Å². The van der Waals surface area contributed by atoms with Gasteiger partial charge in [0.15, 0.2) is 5.11 Å². The number of halogens is 4. The highest BCUT2D eigenvalue weighted by Gasteiger charge is 2.59. The second-order valence-electron chi connectivity index (χ2n) is 7.46. The minimum atomic E-state index is -4.78. The zero-order valence-electron chi connectivity index (χ0n) is 16.0. The van der Waals surface area contributed by atoms with E-state index in [1.54, 1.807) is 6.07 Å². The molecule has 1 heterocycles. The molecule has 1 saturated heterocycles. The van der Waals surface area contributed by atoms with E-state index in [2.05, 4.69) is 0 Å². The van der Waals surface area contributed by atoms with Gasteiger partial charge in [0.05, 0.1) is 22.9 Å². The lowest BCUT2D eigenvalue weighted by atomic mass is 9.75. The van der Waals surface area contributed by atoms with Crippen molar-refractivity contribution >= 4 is 34.6 Å². The van der Waals surface area contributed by atoms with Crippen LogP contribution in [0.3, 0.4) is 0 Å². The Hall–Kier alpha value is -3.03. The molecule has 160 valence electrons. The predicted molar refractivity (Wildman–Crippen MR) is 110 cm³/mol. The molecule has 2 aromatic rings. The third kappa shape index (κ3) is 3.16. The van der Waals surface area contributed by atoms with Gasteiger partial charge < -0.3 is 10.6 Å². The summed E-state index contributed by atoms with van der Waals surface area (Å²) in [6, 6.07) is 8.85. The Morgan fingerprint density at radius 1 is 1.16 bits per heavy atom. The van der Waals surface area contributed by atoms with Crippen LogP contribution in [0, 0.1) is 17.1 Å². The first-order chi connectivity index (χ1) is 14.6. The Labute approximate surface area is 180 Å². The zero-order chi connectivity index (χ0) is 22.6. The van der Waals surface area contributed by atoms with Crippen molar-refractivity contribution in [2.75, 3.05) is 9.80 Å². The van der Waals surface area contributed by atoms with E-state index in [0.717, 1.165) is 23.5 Å². The van der Waals surface area contributed by atoms with Crippen molar-refractivity contribution in [3.8, 4) is 6.07 Å². The Kier molecular flexibility index (Phi) is 4.98. The maximum absolute atomic E-state index is 14.4. The van der Waals surface area contributed by atoms with Crippen LogP contribution >= 0.6 is 12.2 Å². The molecule has 1 aliphatic heterocycles. The molecule has 0 bridgehead atoms. The first kappa shape index (κ1) is 21.2. The van der Waals surface area contributed by atoms with Gasteiger partial charge in [-0.1, -0.05) is 6.07 Å². The molecule has 0 unspecified atom stereocenters. The van der Waals surface area contributed by atoms with Crippen LogP contribution in [-0.2, 0) is 17.5 Å². The molecule has 2 fully saturated rings. The Balaban J connectivity index is 1.82. The zero-order valence-corrected chi connectivity index (χ0v) is 16.9. The summed E-state index contributed by atoms with van der Waals surface area (Å²) in [6.07, 6.45) is -3.18. The molecule has 0 atom stereocenters. The van der Waals surface area contributed by atoms with Gasteiger partial charge in [-0.15, -0.1) is 0 Å². The van der Waals surface area contributed by atoms with E-state index in [4.69, 9.17) is 23.2 Å². The second-order valence-corrected chi connectivity index (χ2v) is 7.83. The van der Waals surface area contributed by atoms with Crippen LogP contribution in [0.15, 0.2) is 36.4 Å². The topological polar surface area (TPSA) is 73.4 Å². The van der Waals surface area contributed by atoms with Crippen molar-refractivity contribution in [2.24, 2.45) is 5.73 Å². The van der Waals surface area contributed by atoms with Gasteiger partial charge in [-0.3, -0.25) is 9.69 Å². The number of anilines is 2. The predicted octanol–water partition coefficient (Wildman–Crippen LogP) is 4.24. The van der Waals surface area contributed by atoms with Crippen LogP contribution in [0.5, 0.6) is 0 Å². The Bertz CT molecular complexity index is 1140. The van der Waals surface area contributed by atoms with Crippen LogP contribution < -0.4 is 15.5 Å². The molecular weight excluding hydrogens is 432 g/mol. The summed E-state index contributed by atoms with van der Waals surface area (Å²) in [4.78, 5) is 15.9. The largest absolute Gasteiger partial charge is 0.417 e. The Morgan fingerprint density at radius 3 is 2.35 bits per heavy atom. The summed E-state index contributed by atoms with van der Waals surface area (Å²) in [5.41, 5.74) is 3.27. The molecule has 0 aromatic heterocycles. The molecule has 1 aliphatic carbocycles. The Morgan fingerprint density at radius 2 is 1.84 bits per heavy atom. The lowest BCUT2D eigenvalue weighted by Crippen LogP contribution is -2.55. The number of rotatable bonds is 3. The van der Waals surface area contributed by atoms with Crippen molar-refractivity contribution in [3.05, 3.63) is 58.9 Å². The number of nitrogens with two attached hydrogens (primary N) is 1. The number of carbonyl (C=O) groups excluding carboxylic acids is 1. The van der Waals surface area contributed by atoms with E-state index in [9.17, 15) is 22.4 Å². The van der Waals surface area contributed by atoms with E-state index in [1.165, 1.54) is 29.2 Å². The van der Waals surface area contributed by atoms with Gasteiger partial charge in [-0.2, -0.15) is 18.4 Å². The highest BCUT2D eigenvalue weighted by molar-refractivity contribution is 7.81. The van der Waals surface area contributed by atoms with Crippen LogP contribution in [-0.4, -0.2) is 16.6 Å². The van der Waals surface area contributed by atoms with Crippen molar-refractivity contribution in [1.29, 1.82) is 5.26 Å². The number of benzene rings is 2. The van der Waals surface area contributed by atoms with Gasteiger partial charge in [-0.25, -0.2) is 4.39 Å². The molecule has 1 spiro atoms. The lowest BCUT2D eigenvalue weighted by Gasteiger charge is -2.43. The summed E-state index contributed by atoms with van der Waals surface area (Å²) in [5, 5.41) is 8.98. The van der Waals surface area contributed by atoms with Crippen LogP contribution in [0.1, 0.15) is 36.0 Å². The number of nitrogens with zero attached hydrogens (tertiary/aromatic N) is 3. The highest BCUT2D eigenvalue weighted by Crippen LogP contribution is 2.48. The monoisotopic (exact) mass is 448 g/mol. The highest BCUT2D eigenvalue weighted by atomic mass is 32.1. The van der Waals surface area contributed by atoms with Crippen LogP contribution in [0.4, 0.5) is 28.9 Å². The molecule has 2 aromatic carbocycles. The smallest absolute Gasteiger partial charge is 0.326 e. The summed E-state index contributed by atoms with van der Waals surface area (Å²) in [5.74, 6) is -1.02. The third-order valence-corrected chi connectivity index (χ3v) is 6.16. The summed E-state index contributed by atoms with van der Waals surface area (Å²) >= 11 is 5.49. The van der Waals surface area contributed by atoms with Crippen molar-refractivity contribution in [1.82, 2.24) is 0 Å². The van der Waals surface area contributed by atoms with Gasteiger partial charge in [0.1, 0.15) is 11.4 Å². The van der Waals surface area contributed by atoms with Gasteiger partial charge in [0.25, 0.3) is 5.91 Å². The molecule has 2 aliphatic rings. The molecule has 10 heteroatoms. The standard InChI is InChI=1S/C21H16F4N4OS/c22-17-9-15(5-3-13(17)11-27)29-19(31)28(18(30)20(29)6-1-7-20)14-4-2-12(10-26)16(8-14)21(23,24)25/h2-5,8-9H,1,6-7,11,27H2.